The minimum atomic E-state index is -1.10. The molecule has 5 nitrogen and oxygen atoms in total. The predicted octanol–water partition coefficient (Wildman–Crippen LogP) is 1.45. The first-order valence-corrected chi connectivity index (χ1v) is 6.22. The maximum Gasteiger partial charge on any atom is 0.327 e. The number of rotatable bonds is 3. The van der Waals surface area contributed by atoms with Crippen molar-refractivity contribution >= 4 is 17.8 Å². The lowest BCUT2D eigenvalue weighted by Gasteiger charge is -2.21. The first kappa shape index (κ1) is 11.9. The van der Waals surface area contributed by atoms with Crippen molar-refractivity contribution in [2.24, 2.45) is 5.92 Å². The highest BCUT2D eigenvalue weighted by Gasteiger charge is 2.49. The zero-order valence-corrected chi connectivity index (χ0v) is 10.4. The summed E-state index contributed by atoms with van der Waals surface area (Å²) in [5.74, 6) is -2.17. The molecule has 1 aliphatic heterocycles. The first-order chi connectivity index (χ1) is 9.00. The Labute approximate surface area is 109 Å². The summed E-state index contributed by atoms with van der Waals surface area (Å²) in [6.07, 6.45) is 1.51. The number of benzene rings is 1. The van der Waals surface area contributed by atoms with Gasteiger partial charge < -0.3 is 5.11 Å². The van der Waals surface area contributed by atoms with E-state index in [1.54, 1.807) is 18.2 Å². The topological polar surface area (TPSA) is 74.7 Å². The predicted molar refractivity (Wildman–Crippen MR) is 65.8 cm³/mol. The number of carboxylic acids is 1. The molecule has 0 spiro atoms. The minimum Gasteiger partial charge on any atom is -0.480 e. The molecule has 0 radical (unpaired) electrons. The van der Waals surface area contributed by atoms with Crippen molar-refractivity contribution in [3.8, 4) is 0 Å². The first-order valence-electron chi connectivity index (χ1n) is 6.22. The van der Waals surface area contributed by atoms with E-state index in [-0.39, 0.29) is 5.92 Å². The molecule has 1 fully saturated rings. The van der Waals surface area contributed by atoms with E-state index in [2.05, 4.69) is 0 Å². The summed E-state index contributed by atoms with van der Waals surface area (Å²) in [4.78, 5) is 36.8. The van der Waals surface area contributed by atoms with Gasteiger partial charge in [-0.2, -0.15) is 0 Å². The minimum absolute atomic E-state index is 0.0965. The third-order valence-corrected chi connectivity index (χ3v) is 3.67. The smallest absolute Gasteiger partial charge is 0.327 e. The molecule has 1 atom stereocenters. The zero-order valence-electron chi connectivity index (χ0n) is 10.4. The Balaban J connectivity index is 2.04. The number of aliphatic carboxylic acids is 1. The van der Waals surface area contributed by atoms with E-state index in [1.165, 1.54) is 0 Å². The average molecular weight is 259 g/mol. The van der Waals surface area contributed by atoms with Crippen LogP contribution in [-0.4, -0.2) is 33.8 Å². The average Bonchev–Trinajstić information content (AvgIpc) is 3.14. The lowest BCUT2D eigenvalue weighted by molar-refractivity contribution is -0.142. The van der Waals surface area contributed by atoms with Gasteiger partial charge in [0, 0.05) is 0 Å². The molecule has 2 aliphatic rings. The van der Waals surface area contributed by atoms with Gasteiger partial charge in [-0.15, -0.1) is 0 Å². The van der Waals surface area contributed by atoms with Crippen molar-refractivity contribution in [3.05, 3.63) is 34.9 Å². The molecule has 2 amide bonds. The van der Waals surface area contributed by atoms with Crippen LogP contribution in [0, 0.1) is 12.8 Å². The largest absolute Gasteiger partial charge is 0.480 e. The lowest BCUT2D eigenvalue weighted by atomic mass is 10.1. The number of amides is 2. The molecule has 1 aromatic carbocycles. The highest BCUT2D eigenvalue weighted by molar-refractivity contribution is 6.22. The number of aryl methyl sites for hydroxylation is 1. The Morgan fingerprint density at radius 3 is 2.47 bits per heavy atom. The van der Waals surface area contributed by atoms with Crippen LogP contribution in [0.5, 0.6) is 0 Å². The Morgan fingerprint density at radius 2 is 1.89 bits per heavy atom. The summed E-state index contributed by atoms with van der Waals surface area (Å²) < 4.78 is 0. The van der Waals surface area contributed by atoms with Gasteiger partial charge in [-0.25, -0.2) is 4.79 Å². The molecule has 1 saturated carbocycles. The number of hydrogen-bond acceptors (Lipinski definition) is 3. The van der Waals surface area contributed by atoms with E-state index >= 15 is 0 Å². The zero-order chi connectivity index (χ0) is 13.7. The van der Waals surface area contributed by atoms with E-state index in [4.69, 9.17) is 0 Å². The van der Waals surface area contributed by atoms with Crippen LogP contribution in [0.2, 0.25) is 0 Å². The van der Waals surface area contributed by atoms with Gasteiger partial charge in [-0.1, -0.05) is 11.6 Å². The van der Waals surface area contributed by atoms with Crippen molar-refractivity contribution in [2.75, 3.05) is 0 Å². The van der Waals surface area contributed by atoms with Crippen LogP contribution < -0.4 is 0 Å². The molecule has 0 saturated heterocycles. The summed E-state index contributed by atoms with van der Waals surface area (Å²) in [6.45, 7) is 1.83. The molecule has 5 heteroatoms. The van der Waals surface area contributed by atoms with Crippen molar-refractivity contribution in [3.63, 3.8) is 0 Å². The molecule has 1 N–H and O–H groups in total. The highest BCUT2D eigenvalue weighted by Crippen LogP contribution is 2.38. The number of hydrogen-bond donors (Lipinski definition) is 1. The second-order valence-electron chi connectivity index (χ2n) is 5.15. The van der Waals surface area contributed by atoms with Crippen LogP contribution in [0.1, 0.15) is 39.1 Å². The second-order valence-corrected chi connectivity index (χ2v) is 5.15. The van der Waals surface area contributed by atoms with Crippen LogP contribution in [0.3, 0.4) is 0 Å². The monoisotopic (exact) mass is 259 g/mol. The van der Waals surface area contributed by atoms with E-state index in [1.807, 2.05) is 6.92 Å². The number of carbonyl (C=O) groups is 3. The van der Waals surface area contributed by atoms with Gasteiger partial charge in [0.1, 0.15) is 6.04 Å². The maximum atomic E-state index is 12.3. The molecular formula is C14H13NO4. The maximum absolute atomic E-state index is 12.3. The molecule has 1 aliphatic carbocycles. The summed E-state index contributed by atoms with van der Waals surface area (Å²) in [6, 6.07) is 3.96. The fourth-order valence-corrected chi connectivity index (χ4v) is 2.56. The Morgan fingerprint density at radius 1 is 1.26 bits per heavy atom. The number of imide groups is 1. The third-order valence-electron chi connectivity index (χ3n) is 3.67. The molecular weight excluding hydrogens is 246 g/mol. The summed E-state index contributed by atoms with van der Waals surface area (Å²) in [5.41, 5.74) is 1.50. The quantitative estimate of drug-likeness (QED) is 0.834. The summed E-state index contributed by atoms with van der Waals surface area (Å²) in [5, 5.41) is 9.27. The molecule has 1 aromatic rings. The molecule has 98 valence electrons. The number of carboxylic acid groups (broad SMARTS) is 1. The van der Waals surface area contributed by atoms with Crippen LogP contribution in [0.15, 0.2) is 18.2 Å². The fraction of sp³-hybridized carbons (Fsp3) is 0.357. The lowest BCUT2D eigenvalue weighted by Crippen LogP contribution is -2.46. The number of carbonyl (C=O) groups excluding carboxylic acids is 2. The highest BCUT2D eigenvalue weighted by atomic mass is 16.4. The molecule has 19 heavy (non-hydrogen) atoms. The van der Waals surface area contributed by atoms with Gasteiger partial charge in [0.25, 0.3) is 11.8 Å². The van der Waals surface area contributed by atoms with Gasteiger partial charge in [0.15, 0.2) is 0 Å². The van der Waals surface area contributed by atoms with E-state index in [0.29, 0.717) is 11.1 Å². The normalized spacial score (nSPS) is 19.5. The Bertz CT molecular complexity index is 603. The van der Waals surface area contributed by atoms with Gasteiger partial charge in [0.2, 0.25) is 0 Å². The molecule has 1 heterocycles. The van der Waals surface area contributed by atoms with Gasteiger partial charge in [0.05, 0.1) is 11.1 Å². The van der Waals surface area contributed by atoms with Crippen molar-refractivity contribution in [1.29, 1.82) is 0 Å². The summed E-state index contributed by atoms with van der Waals surface area (Å²) >= 11 is 0. The SMILES string of the molecule is Cc1ccc2c(c1)C(=O)N(C(C(=O)O)C1CC1)C2=O. The number of fused-ring (bicyclic) bond motifs is 1. The Kier molecular flexibility index (Phi) is 2.45. The third kappa shape index (κ3) is 1.73. The van der Waals surface area contributed by atoms with Gasteiger partial charge >= 0.3 is 5.97 Å². The molecule has 0 aromatic heterocycles. The van der Waals surface area contributed by atoms with Crippen LogP contribution in [-0.2, 0) is 4.79 Å². The van der Waals surface area contributed by atoms with Crippen LogP contribution >= 0.6 is 0 Å². The number of nitrogens with zero attached hydrogens (tertiary/aromatic N) is 1. The van der Waals surface area contributed by atoms with Crippen LogP contribution in [0.25, 0.3) is 0 Å². The summed E-state index contributed by atoms with van der Waals surface area (Å²) in [7, 11) is 0. The molecule has 3 rings (SSSR count). The molecule has 1 unspecified atom stereocenters. The standard InChI is InChI=1S/C14H13NO4/c1-7-2-5-9-10(6-7)13(17)15(12(9)16)11(14(18)19)8-3-4-8/h2,5-6,8,11H,3-4H2,1H3,(H,18,19). The van der Waals surface area contributed by atoms with E-state index in [9.17, 15) is 19.5 Å². The fourth-order valence-electron chi connectivity index (χ4n) is 2.56. The van der Waals surface area contributed by atoms with Crippen molar-refractivity contribution < 1.29 is 19.5 Å². The molecule has 0 bridgehead atoms. The van der Waals surface area contributed by atoms with Gasteiger partial charge in [-0.3, -0.25) is 14.5 Å². The van der Waals surface area contributed by atoms with Crippen molar-refractivity contribution in [2.45, 2.75) is 25.8 Å². The van der Waals surface area contributed by atoms with E-state index < -0.39 is 23.8 Å². The van der Waals surface area contributed by atoms with Crippen LogP contribution in [0.4, 0.5) is 0 Å². The Hall–Kier alpha value is -2.17. The van der Waals surface area contributed by atoms with Gasteiger partial charge in [-0.05, 0) is 37.8 Å². The second kappa shape index (κ2) is 3.91. The van der Waals surface area contributed by atoms with E-state index in [0.717, 1.165) is 23.3 Å². The van der Waals surface area contributed by atoms with Crippen molar-refractivity contribution in [1.82, 2.24) is 4.90 Å².